The van der Waals surface area contributed by atoms with Crippen LogP contribution < -0.4 is 5.32 Å². The van der Waals surface area contributed by atoms with Crippen molar-refractivity contribution in [3.8, 4) is 0 Å². The number of benzene rings is 2. The van der Waals surface area contributed by atoms with Crippen LogP contribution in [-0.2, 0) is 25.7 Å². The summed E-state index contributed by atoms with van der Waals surface area (Å²) in [4.78, 5) is 0. The second kappa shape index (κ2) is 10.1. The first-order valence-corrected chi connectivity index (χ1v) is 12.8. The smallest absolute Gasteiger partial charge is 0.0479 e. The highest BCUT2D eigenvalue weighted by Gasteiger charge is 2.31. The highest BCUT2D eigenvalue weighted by molar-refractivity contribution is 7.99. The van der Waals surface area contributed by atoms with Crippen molar-refractivity contribution in [2.45, 2.75) is 71.5 Å². The van der Waals surface area contributed by atoms with Crippen molar-refractivity contribution in [1.29, 1.82) is 0 Å². The van der Waals surface area contributed by atoms with Gasteiger partial charge in [-0.05, 0) is 116 Å². The van der Waals surface area contributed by atoms with Crippen molar-refractivity contribution in [1.82, 2.24) is 5.32 Å². The summed E-state index contributed by atoms with van der Waals surface area (Å²) in [5, 5.41) is 3.52. The molecule has 3 rings (SSSR count). The predicted octanol–water partition coefficient (Wildman–Crippen LogP) is 7.26. The van der Waals surface area contributed by atoms with E-state index in [0.717, 1.165) is 18.5 Å². The van der Waals surface area contributed by atoms with Gasteiger partial charge in [0.05, 0.1) is 0 Å². The van der Waals surface area contributed by atoms with Crippen molar-refractivity contribution in [2.24, 2.45) is 5.41 Å². The van der Waals surface area contributed by atoms with Crippen molar-refractivity contribution >= 4 is 11.8 Å². The van der Waals surface area contributed by atoms with E-state index in [0.29, 0.717) is 10.7 Å². The van der Waals surface area contributed by atoms with Crippen molar-refractivity contribution < 1.29 is 0 Å². The predicted molar refractivity (Wildman–Crippen MR) is 139 cm³/mol. The lowest BCUT2D eigenvalue weighted by atomic mass is 9.68. The molecule has 2 heteroatoms. The molecule has 1 aliphatic rings. The molecule has 0 heterocycles. The molecular weight excluding hydrogens is 394 g/mol. The average molecular weight is 434 g/mol. The Bertz CT molecular complexity index is 940. The first-order valence-electron chi connectivity index (χ1n) is 11.5. The van der Waals surface area contributed by atoms with E-state index in [1.165, 1.54) is 53.5 Å². The standard InChI is InChI=1S/C29H39NS/c1-8-30-23(5)28(31-7)18-25-11-9-24(10-12-25)13-15-29(6)16-14-26-21(3)17-20(2)22(4)27(26)19-29/h8-12,17,28,30H,1,5,13-16,18-19H2,2-4,6-7H3. The quantitative estimate of drug-likeness (QED) is 0.446. The van der Waals surface area contributed by atoms with Gasteiger partial charge >= 0.3 is 0 Å². The fourth-order valence-electron chi connectivity index (χ4n) is 5.04. The molecule has 2 aromatic rings. The fraction of sp³-hybridized carbons (Fsp3) is 0.448. The molecule has 1 N–H and O–H groups in total. The second-order valence-electron chi connectivity index (χ2n) is 9.70. The van der Waals surface area contributed by atoms with E-state index in [1.807, 2.05) is 11.8 Å². The molecule has 0 aliphatic heterocycles. The molecular formula is C29H39NS. The average Bonchev–Trinajstić information content (AvgIpc) is 2.75. The summed E-state index contributed by atoms with van der Waals surface area (Å²) < 4.78 is 0. The molecule has 0 bridgehead atoms. The molecule has 1 nitrogen and oxygen atoms in total. The largest absolute Gasteiger partial charge is 0.365 e. The van der Waals surface area contributed by atoms with E-state index in [9.17, 15) is 0 Å². The summed E-state index contributed by atoms with van der Waals surface area (Å²) in [6.07, 6.45) is 11.0. The molecule has 0 aromatic heterocycles. The van der Waals surface area contributed by atoms with E-state index >= 15 is 0 Å². The molecule has 0 spiro atoms. The Labute approximate surface area is 194 Å². The first-order chi connectivity index (χ1) is 14.8. The van der Waals surface area contributed by atoms with Crippen LogP contribution in [0, 0.1) is 26.2 Å². The van der Waals surface area contributed by atoms with E-state index < -0.39 is 0 Å². The van der Waals surface area contributed by atoms with Crippen molar-refractivity contribution in [2.75, 3.05) is 6.26 Å². The van der Waals surface area contributed by atoms with Crippen LogP contribution in [0.15, 0.2) is 55.4 Å². The minimum absolute atomic E-state index is 0.361. The van der Waals surface area contributed by atoms with Gasteiger partial charge in [0.1, 0.15) is 0 Å². The molecule has 1 aliphatic carbocycles. The Morgan fingerprint density at radius 3 is 2.45 bits per heavy atom. The zero-order valence-electron chi connectivity index (χ0n) is 20.1. The summed E-state index contributed by atoms with van der Waals surface area (Å²) in [7, 11) is 0. The van der Waals surface area contributed by atoms with Gasteiger partial charge in [-0.1, -0.05) is 50.4 Å². The van der Waals surface area contributed by atoms with Crippen LogP contribution in [0.5, 0.6) is 0 Å². The third-order valence-corrected chi connectivity index (χ3v) is 8.34. The Balaban J connectivity index is 1.63. The minimum atomic E-state index is 0.361. The number of fused-ring (bicyclic) bond motifs is 1. The van der Waals surface area contributed by atoms with Crippen LogP contribution in [0.4, 0.5) is 0 Å². The molecule has 2 atom stereocenters. The van der Waals surface area contributed by atoms with Gasteiger partial charge in [0.2, 0.25) is 0 Å². The zero-order valence-corrected chi connectivity index (χ0v) is 20.9. The molecule has 0 saturated carbocycles. The monoisotopic (exact) mass is 433 g/mol. The number of nitrogens with one attached hydrogen (secondary N) is 1. The maximum absolute atomic E-state index is 4.15. The van der Waals surface area contributed by atoms with Crippen LogP contribution in [0.25, 0.3) is 0 Å². The Morgan fingerprint density at radius 1 is 1.13 bits per heavy atom. The lowest BCUT2D eigenvalue weighted by Gasteiger charge is -2.37. The summed E-state index contributed by atoms with van der Waals surface area (Å²) >= 11 is 1.83. The summed E-state index contributed by atoms with van der Waals surface area (Å²) in [6, 6.07) is 11.6. The van der Waals surface area contributed by atoms with Gasteiger partial charge in [-0.25, -0.2) is 0 Å². The summed E-state index contributed by atoms with van der Waals surface area (Å²) in [5.41, 5.74) is 12.0. The van der Waals surface area contributed by atoms with Crippen molar-refractivity contribution in [3.63, 3.8) is 0 Å². The lowest BCUT2D eigenvalue weighted by Crippen LogP contribution is -2.28. The minimum Gasteiger partial charge on any atom is -0.365 e. The van der Waals surface area contributed by atoms with Crippen LogP contribution in [0.2, 0.25) is 0 Å². The highest BCUT2D eigenvalue weighted by Crippen LogP contribution is 2.41. The third kappa shape index (κ3) is 5.66. The van der Waals surface area contributed by atoms with Crippen LogP contribution in [0.1, 0.15) is 58.7 Å². The van der Waals surface area contributed by atoms with Crippen LogP contribution in [0.3, 0.4) is 0 Å². The molecule has 2 unspecified atom stereocenters. The number of rotatable bonds is 9. The number of hydrogen-bond donors (Lipinski definition) is 1. The van der Waals surface area contributed by atoms with Crippen LogP contribution >= 0.6 is 11.8 Å². The Hall–Kier alpha value is -1.93. The summed E-state index contributed by atoms with van der Waals surface area (Å²) in [6.45, 7) is 17.3. The van der Waals surface area contributed by atoms with E-state index in [1.54, 1.807) is 17.3 Å². The lowest BCUT2D eigenvalue weighted by molar-refractivity contribution is 0.255. The van der Waals surface area contributed by atoms with Gasteiger partial charge in [0.15, 0.2) is 0 Å². The fourth-order valence-corrected chi connectivity index (χ4v) is 5.75. The van der Waals surface area contributed by atoms with E-state index in [-0.39, 0.29) is 0 Å². The molecule has 0 fully saturated rings. The first kappa shape index (κ1) is 23.7. The molecule has 31 heavy (non-hydrogen) atoms. The van der Waals surface area contributed by atoms with Gasteiger partial charge < -0.3 is 5.32 Å². The number of thioether (sulfide) groups is 1. The summed E-state index contributed by atoms with van der Waals surface area (Å²) in [5.74, 6) is 0. The van der Waals surface area contributed by atoms with Gasteiger partial charge in [-0.2, -0.15) is 11.8 Å². The zero-order chi connectivity index (χ0) is 22.6. The molecule has 0 radical (unpaired) electrons. The SMILES string of the molecule is C=CNC(=C)C(Cc1ccc(CCC2(C)CCc3c(C)cc(C)c(C)c3C2)cc1)SC. The van der Waals surface area contributed by atoms with Crippen LogP contribution in [-0.4, -0.2) is 11.5 Å². The molecule has 0 amide bonds. The van der Waals surface area contributed by atoms with E-state index in [4.69, 9.17) is 0 Å². The molecule has 166 valence electrons. The van der Waals surface area contributed by atoms with Gasteiger partial charge in [-0.3, -0.25) is 0 Å². The topological polar surface area (TPSA) is 12.0 Å². The second-order valence-corrected chi connectivity index (χ2v) is 10.7. The molecule has 2 aromatic carbocycles. The van der Waals surface area contributed by atoms with E-state index in [2.05, 4.69) is 82.8 Å². The maximum atomic E-state index is 4.15. The third-order valence-electron chi connectivity index (χ3n) is 7.32. The molecule has 0 saturated heterocycles. The normalized spacial score (nSPS) is 18.9. The van der Waals surface area contributed by atoms with Gasteiger partial charge in [-0.15, -0.1) is 0 Å². The van der Waals surface area contributed by atoms with Crippen molar-refractivity contribution in [3.05, 3.63) is 94.3 Å². The van der Waals surface area contributed by atoms with Gasteiger partial charge in [0, 0.05) is 10.9 Å². The highest BCUT2D eigenvalue weighted by atomic mass is 32.2. The number of aryl methyl sites for hydroxylation is 3. The Kier molecular flexibility index (Phi) is 7.75. The maximum Gasteiger partial charge on any atom is 0.0479 e. The number of hydrogen-bond acceptors (Lipinski definition) is 2. The van der Waals surface area contributed by atoms with Gasteiger partial charge in [0.25, 0.3) is 0 Å². The Morgan fingerprint density at radius 2 is 1.81 bits per heavy atom.